The average molecular weight is 324 g/mol. The van der Waals surface area contributed by atoms with Crippen molar-refractivity contribution < 1.29 is 12.7 Å². The Kier molecular flexibility index (Phi) is 4.91. The van der Waals surface area contributed by atoms with E-state index in [1.54, 1.807) is 11.8 Å². The van der Waals surface area contributed by atoms with Gasteiger partial charge in [-0.2, -0.15) is 13.7 Å². The van der Waals surface area contributed by atoms with Crippen LogP contribution in [0, 0.1) is 11.3 Å². The molecule has 1 saturated heterocycles. The van der Waals surface area contributed by atoms with E-state index in [0.717, 1.165) is 40.1 Å². The molecule has 0 aromatic rings. The number of hydrogen-bond acceptors (Lipinski definition) is 6. The second-order valence-corrected chi connectivity index (χ2v) is 7.53. The lowest BCUT2D eigenvalue weighted by Gasteiger charge is -2.14. The Balaban J connectivity index is 2.33. The standard InChI is InChI=1S/C14H16N2O3S2/c1-10-3-4-12(9-11(10)5-7-15)14-13(6-8-20-14)16-19-21(2,17)18/h3,9H,4-6,8H2,1-2H3. The molecule has 0 N–H and O–H groups in total. The minimum Gasteiger partial charge on any atom is -0.268 e. The van der Waals surface area contributed by atoms with Gasteiger partial charge in [-0.25, -0.2) is 0 Å². The monoisotopic (exact) mass is 324 g/mol. The lowest BCUT2D eigenvalue weighted by atomic mass is 9.93. The number of oxime groups is 1. The van der Waals surface area contributed by atoms with Crippen molar-refractivity contribution in [2.45, 2.75) is 26.2 Å². The van der Waals surface area contributed by atoms with E-state index in [1.807, 2.05) is 13.0 Å². The highest BCUT2D eigenvalue weighted by atomic mass is 32.2. The lowest BCUT2D eigenvalue weighted by Crippen LogP contribution is -2.04. The molecule has 1 fully saturated rings. The summed E-state index contributed by atoms with van der Waals surface area (Å²) in [6.45, 7) is 1.99. The summed E-state index contributed by atoms with van der Waals surface area (Å²) in [5, 5.41) is 12.6. The topological polar surface area (TPSA) is 79.5 Å². The van der Waals surface area contributed by atoms with Crippen molar-refractivity contribution >= 4 is 27.6 Å². The maximum absolute atomic E-state index is 11.0. The van der Waals surface area contributed by atoms with Crippen molar-refractivity contribution in [2.75, 3.05) is 12.0 Å². The van der Waals surface area contributed by atoms with Gasteiger partial charge in [0, 0.05) is 17.1 Å². The zero-order valence-corrected chi connectivity index (χ0v) is 13.6. The third-order valence-corrected chi connectivity index (χ3v) is 4.71. The lowest BCUT2D eigenvalue weighted by molar-refractivity contribution is 0.342. The van der Waals surface area contributed by atoms with Gasteiger partial charge in [-0.1, -0.05) is 22.9 Å². The molecule has 0 saturated carbocycles. The van der Waals surface area contributed by atoms with E-state index in [-0.39, 0.29) is 0 Å². The van der Waals surface area contributed by atoms with Gasteiger partial charge in [0.05, 0.1) is 24.5 Å². The van der Waals surface area contributed by atoms with Gasteiger partial charge < -0.3 is 0 Å². The zero-order chi connectivity index (χ0) is 15.5. The molecule has 5 nitrogen and oxygen atoms in total. The average Bonchev–Trinajstić information content (AvgIpc) is 2.87. The Bertz CT molecular complexity index is 707. The van der Waals surface area contributed by atoms with Gasteiger partial charge in [-0.3, -0.25) is 4.28 Å². The van der Waals surface area contributed by atoms with Crippen LogP contribution in [-0.2, 0) is 14.4 Å². The van der Waals surface area contributed by atoms with E-state index in [0.29, 0.717) is 18.6 Å². The first-order valence-electron chi connectivity index (χ1n) is 6.47. The van der Waals surface area contributed by atoms with E-state index >= 15 is 0 Å². The van der Waals surface area contributed by atoms with Crippen LogP contribution >= 0.6 is 11.8 Å². The molecule has 1 heterocycles. The van der Waals surface area contributed by atoms with Crippen molar-refractivity contribution in [2.24, 2.45) is 5.16 Å². The maximum Gasteiger partial charge on any atom is 0.325 e. The van der Waals surface area contributed by atoms with E-state index in [2.05, 4.69) is 21.6 Å². The van der Waals surface area contributed by atoms with Crippen LogP contribution in [0.5, 0.6) is 0 Å². The first kappa shape index (κ1) is 15.9. The van der Waals surface area contributed by atoms with E-state index < -0.39 is 10.1 Å². The molecular formula is C14H16N2O3S2. The summed E-state index contributed by atoms with van der Waals surface area (Å²) < 4.78 is 26.6. The summed E-state index contributed by atoms with van der Waals surface area (Å²) in [4.78, 5) is 0.970. The molecule has 0 spiro atoms. The third-order valence-electron chi connectivity index (χ3n) is 3.17. The first-order valence-corrected chi connectivity index (χ1v) is 9.27. The van der Waals surface area contributed by atoms with Gasteiger partial charge in [0.2, 0.25) is 0 Å². The molecule has 0 amide bonds. The molecule has 0 bridgehead atoms. The van der Waals surface area contributed by atoms with Crippen LogP contribution in [0.1, 0.15) is 26.2 Å². The normalized spacial score (nSPS) is 24.5. The van der Waals surface area contributed by atoms with Crippen LogP contribution in [0.2, 0.25) is 0 Å². The third kappa shape index (κ3) is 4.22. The summed E-state index contributed by atoms with van der Waals surface area (Å²) in [7, 11) is -3.58. The van der Waals surface area contributed by atoms with Crippen molar-refractivity contribution in [3.05, 3.63) is 33.8 Å². The second kappa shape index (κ2) is 6.50. The van der Waals surface area contributed by atoms with Crippen LogP contribution in [0.15, 0.2) is 38.9 Å². The summed E-state index contributed by atoms with van der Waals surface area (Å²) in [6, 6.07) is 2.16. The summed E-state index contributed by atoms with van der Waals surface area (Å²) in [5.74, 6) is 0.856. The van der Waals surface area contributed by atoms with Crippen molar-refractivity contribution in [3.63, 3.8) is 0 Å². The Hall–Kier alpha value is -1.52. The van der Waals surface area contributed by atoms with Gasteiger partial charge >= 0.3 is 10.1 Å². The van der Waals surface area contributed by atoms with Gasteiger partial charge in [0.15, 0.2) is 0 Å². The van der Waals surface area contributed by atoms with Gasteiger partial charge in [-0.05, 0) is 24.5 Å². The molecular weight excluding hydrogens is 308 g/mol. The Morgan fingerprint density at radius 3 is 2.95 bits per heavy atom. The predicted molar refractivity (Wildman–Crippen MR) is 84.2 cm³/mol. The minimum absolute atomic E-state index is 0.371. The SMILES string of the molecule is CC1=CCC(=C2SCCC2=NOS(C)(=O)=O)C=C1CC#N. The number of rotatable bonds is 3. The number of nitriles is 1. The van der Waals surface area contributed by atoms with E-state index in [4.69, 9.17) is 5.26 Å². The maximum atomic E-state index is 11.0. The Morgan fingerprint density at radius 2 is 2.29 bits per heavy atom. The Labute approximate surface area is 129 Å². The highest BCUT2D eigenvalue weighted by Gasteiger charge is 2.22. The van der Waals surface area contributed by atoms with Gasteiger partial charge in [0.25, 0.3) is 0 Å². The van der Waals surface area contributed by atoms with Crippen molar-refractivity contribution in [3.8, 4) is 6.07 Å². The quantitative estimate of drug-likeness (QED) is 0.746. The zero-order valence-electron chi connectivity index (χ0n) is 11.9. The summed E-state index contributed by atoms with van der Waals surface area (Å²) >= 11 is 1.65. The van der Waals surface area contributed by atoms with Gasteiger partial charge in [0.1, 0.15) is 0 Å². The summed E-state index contributed by atoms with van der Waals surface area (Å²) in [6.07, 6.45) is 6.90. The highest BCUT2D eigenvalue weighted by Crippen LogP contribution is 2.36. The Morgan fingerprint density at radius 1 is 1.52 bits per heavy atom. The smallest absolute Gasteiger partial charge is 0.268 e. The largest absolute Gasteiger partial charge is 0.325 e. The number of thioether (sulfide) groups is 1. The number of allylic oxidation sites excluding steroid dienone is 6. The van der Waals surface area contributed by atoms with Crippen LogP contribution in [0.25, 0.3) is 0 Å². The second-order valence-electron chi connectivity index (χ2n) is 4.87. The van der Waals surface area contributed by atoms with Gasteiger partial charge in [-0.15, -0.1) is 11.8 Å². The van der Waals surface area contributed by atoms with Crippen LogP contribution in [0.4, 0.5) is 0 Å². The molecule has 0 aromatic heterocycles. The fraction of sp³-hybridized carbons (Fsp3) is 0.429. The fourth-order valence-electron chi connectivity index (χ4n) is 2.14. The molecule has 1 aliphatic carbocycles. The molecule has 2 rings (SSSR count). The molecule has 0 radical (unpaired) electrons. The van der Waals surface area contributed by atoms with E-state index in [1.165, 1.54) is 0 Å². The predicted octanol–water partition coefficient (Wildman–Crippen LogP) is 2.90. The number of hydrogen-bond donors (Lipinski definition) is 0. The molecule has 0 unspecified atom stereocenters. The van der Waals surface area contributed by atoms with Crippen LogP contribution in [0.3, 0.4) is 0 Å². The molecule has 7 heteroatoms. The van der Waals surface area contributed by atoms with Crippen molar-refractivity contribution in [1.29, 1.82) is 5.26 Å². The molecule has 2 aliphatic rings. The highest BCUT2D eigenvalue weighted by molar-refractivity contribution is 8.04. The fourth-order valence-corrected chi connectivity index (χ4v) is 3.49. The van der Waals surface area contributed by atoms with Crippen LogP contribution in [-0.4, -0.2) is 26.1 Å². The van der Waals surface area contributed by atoms with Crippen LogP contribution < -0.4 is 0 Å². The number of nitrogens with zero attached hydrogens (tertiary/aromatic N) is 2. The van der Waals surface area contributed by atoms with E-state index in [9.17, 15) is 8.42 Å². The summed E-state index contributed by atoms with van der Waals surface area (Å²) in [5.41, 5.74) is 3.86. The molecule has 1 aliphatic heterocycles. The molecule has 112 valence electrons. The first-order chi connectivity index (χ1) is 9.90. The molecule has 0 aromatic carbocycles. The molecule has 21 heavy (non-hydrogen) atoms. The molecule has 0 atom stereocenters. The minimum atomic E-state index is -3.58. The van der Waals surface area contributed by atoms with Crippen molar-refractivity contribution in [1.82, 2.24) is 0 Å².